The molecule has 0 spiro atoms. The number of hydrogen-bond donors (Lipinski definition) is 5. The SMILES string of the molecule is CC[C@H](C(=N)C(=O)CNc1ccc(NCC(=O)C(=N)[C@@H](CC)C(=O)OC(=O)C(F)(F)F)cc1)C(=O)O. The minimum Gasteiger partial charge on any atom is -0.481 e. The maximum atomic E-state index is 12.3. The normalized spacial score (nSPS) is 12.6. The van der Waals surface area contributed by atoms with Crippen molar-refractivity contribution >= 4 is 52.3 Å². The van der Waals surface area contributed by atoms with Crippen LogP contribution in [0.3, 0.4) is 0 Å². The summed E-state index contributed by atoms with van der Waals surface area (Å²) >= 11 is 0. The van der Waals surface area contributed by atoms with Crippen LogP contribution in [0.1, 0.15) is 26.7 Å². The Balaban J connectivity index is 2.64. The summed E-state index contributed by atoms with van der Waals surface area (Å²) in [6.45, 7) is 2.10. The van der Waals surface area contributed by atoms with E-state index >= 15 is 0 Å². The van der Waals surface area contributed by atoms with E-state index in [-0.39, 0.29) is 19.4 Å². The maximum absolute atomic E-state index is 12.3. The van der Waals surface area contributed by atoms with E-state index in [1.807, 2.05) is 0 Å². The van der Waals surface area contributed by atoms with Gasteiger partial charge < -0.3 is 31.3 Å². The molecule has 0 radical (unpaired) electrons. The number of carboxylic acids is 1. The fraction of sp³-hybridized carbons (Fsp3) is 0.409. The van der Waals surface area contributed by atoms with Gasteiger partial charge in [-0.1, -0.05) is 13.8 Å². The van der Waals surface area contributed by atoms with Crippen molar-refractivity contribution in [2.75, 3.05) is 23.7 Å². The second-order valence-corrected chi connectivity index (χ2v) is 7.42. The van der Waals surface area contributed by atoms with Gasteiger partial charge >= 0.3 is 24.1 Å². The summed E-state index contributed by atoms with van der Waals surface area (Å²) in [4.78, 5) is 58.0. The molecule has 11 nitrogen and oxygen atoms in total. The molecule has 0 unspecified atom stereocenters. The summed E-state index contributed by atoms with van der Waals surface area (Å²) in [6.07, 6.45) is -5.53. The molecule has 1 aromatic rings. The molecule has 14 heteroatoms. The molecule has 0 aliphatic carbocycles. The highest BCUT2D eigenvalue weighted by atomic mass is 19.4. The Bertz CT molecular complexity index is 1040. The predicted octanol–water partition coefficient (Wildman–Crippen LogP) is 2.46. The van der Waals surface area contributed by atoms with Gasteiger partial charge in [0.1, 0.15) is 11.8 Å². The third-order valence-corrected chi connectivity index (χ3v) is 4.91. The number of rotatable bonds is 14. The number of halogens is 3. The molecule has 0 bridgehead atoms. The molecule has 0 amide bonds. The molecule has 0 aromatic heterocycles. The van der Waals surface area contributed by atoms with Crippen molar-refractivity contribution in [3.05, 3.63) is 24.3 Å². The zero-order valence-electron chi connectivity index (χ0n) is 19.3. The van der Waals surface area contributed by atoms with E-state index in [1.54, 1.807) is 6.92 Å². The Kier molecular flexibility index (Phi) is 10.9. The number of aliphatic carboxylic acids is 1. The van der Waals surface area contributed by atoms with Crippen LogP contribution in [0.15, 0.2) is 24.3 Å². The molecular formula is C22H25F3N4O7. The molecule has 1 rings (SSSR count). The van der Waals surface area contributed by atoms with Crippen LogP contribution in [0.2, 0.25) is 0 Å². The number of carbonyl (C=O) groups is 5. The summed E-state index contributed by atoms with van der Waals surface area (Å²) in [6, 6.07) is 6.01. The number of alkyl halides is 3. The number of anilines is 2. The van der Waals surface area contributed by atoms with Crippen molar-refractivity contribution in [2.24, 2.45) is 11.8 Å². The molecule has 0 saturated heterocycles. The first-order valence-corrected chi connectivity index (χ1v) is 10.6. The molecule has 1 aromatic carbocycles. The van der Waals surface area contributed by atoms with Crippen LogP contribution in [-0.4, -0.2) is 65.3 Å². The first-order chi connectivity index (χ1) is 16.7. The second kappa shape index (κ2) is 13.1. The lowest BCUT2D eigenvalue weighted by Gasteiger charge is -2.15. The Morgan fingerprint density at radius 2 is 1.25 bits per heavy atom. The number of carbonyl (C=O) groups excluding carboxylic acids is 4. The average molecular weight is 514 g/mol. The molecule has 36 heavy (non-hydrogen) atoms. The number of hydrogen-bond acceptors (Lipinski definition) is 10. The van der Waals surface area contributed by atoms with E-state index < -0.39 is 65.5 Å². The zero-order valence-corrected chi connectivity index (χ0v) is 19.3. The van der Waals surface area contributed by atoms with Crippen LogP contribution in [0.5, 0.6) is 0 Å². The Hall–Kier alpha value is -4.10. The average Bonchev–Trinajstić information content (AvgIpc) is 2.81. The van der Waals surface area contributed by atoms with Crippen LogP contribution >= 0.6 is 0 Å². The predicted molar refractivity (Wildman–Crippen MR) is 121 cm³/mol. The van der Waals surface area contributed by atoms with E-state index in [0.717, 1.165) is 0 Å². The molecule has 2 atom stereocenters. The summed E-state index contributed by atoms with van der Waals surface area (Å²) in [5.74, 6) is -10.1. The topological polar surface area (TPSA) is 187 Å². The molecule has 0 aliphatic rings. The number of carboxylic acid groups (broad SMARTS) is 1. The fourth-order valence-corrected chi connectivity index (χ4v) is 2.86. The Morgan fingerprint density at radius 1 is 0.861 bits per heavy atom. The molecule has 0 heterocycles. The summed E-state index contributed by atoms with van der Waals surface area (Å²) in [7, 11) is 0. The van der Waals surface area contributed by atoms with Crippen molar-refractivity contribution in [3.8, 4) is 0 Å². The first-order valence-electron chi connectivity index (χ1n) is 10.6. The van der Waals surface area contributed by atoms with Gasteiger partial charge in [0.25, 0.3) is 0 Å². The van der Waals surface area contributed by atoms with Gasteiger partial charge in [0.05, 0.1) is 24.5 Å². The number of Topliss-reactive ketones (excluding diaryl/α,β-unsaturated/α-hetero) is 2. The Morgan fingerprint density at radius 3 is 1.58 bits per heavy atom. The third kappa shape index (κ3) is 8.60. The Labute approximate surface area is 203 Å². The smallest absolute Gasteiger partial charge is 0.481 e. The molecule has 5 N–H and O–H groups in total. The maximum Gasteiger partial charge on any atom is 0.491 e. The molecule has 0 saturated carbocycles. The van der Waals surface area contributed by atoms with Gasteiger partial charge in [-0.25, -0.2) is 4.79 Å². The number of esters is 2. The summed E-state index contributed by atoms with van der Waals surface area (Å²) < 4.78 is 40.5. The highest BCUT2D eigenvalue weighted by Gasteiger charge is 2.44. The lowest BCUT2D eigenvalue weighted by atomic mass is 9.97. The minimum absolute atomic E-state index is 0.0995. The van der Waals surface area contributed by atoms with Gasteiger partial charge in [0, 0.05) is 11.4 Å². The molecule has 196 valence electrons. The van der Waals surface area contributed by atoms with Crippen molar-refractivity contribution in [3.63, 3.8) is 0 Å². The van der Waals surface area contributed by atoms with Crippen molar-refractivity contribution in [1.82, 2.24) is 0 Å². The second-order valence-electron chi connectivity index (χ2n) is 7.42. The van der Waals surface area contributed by atoms with Gasteiger partial charge in [-0.2, -0.15) is 13.2 Å². The quantitative estimate of drug-likeness (QED) is 0.141. The van der Waals surface area contributed by atoms with Crippen molar-refractivity contribution in [1.29, 1.82) is 10.8 Å². The number of ketones is 2. The molecule has 0 fully saturated rings. The van der Waals surface area contributed by atoms with E-state index in [0.29, 0.717) is 11.4 Å². The van der Waals surface area contributed by atoms with E-state index in [9.17, 15) is 37.1 Å². The zero-order chi connectivity index (χ0) is 27.6. The van der Waals surface area contributed by atoms with E-state index in [1.165, 1.54) is 31.2 Å². The van der Waals surface area contributed by atoms with Gasteiger partial charge in [-0.05, 0) is 37.1 Å². The number of nitrogens with one attached hydrogen (secondary N) is 4. The summed E-state index contributed by atoms with van der Waals surface area (Å²) in [5, 5.41) is 30.0. The standard InChI is InChI=1S/C22H25F3N4O7/c1-3-13(19(32)33)17(26)15(30)9-28-11-5-7-12(8-6-11)29-10-16(31)18(27)14(4-2)20(34)36-21(35)22(23,24)25/h5-8,13-14,26-29H,3-4,9-10H2,1-2H3,(H,32,33)/t13-,14-/m1/s1. The van der Waals surface area contributed by atoms with Crippen molar-refractivity contribution < 1.29 is 47.0 Å². The van der Waals surface area contributed by atoms with Gasteiger partial charge in [0.15, 0.2) is 11.6 Å². The van der Waals surface area contributed by atoms with Crippen LogP contribution in [0, 0.1) is 22.7 Å². The van der Waals surface area contributed by atoms with Gasteiger partial charge in [-0.3, -0.25) is 19.2 Å². The third-order valence-electron chi connectivity index (χ3n) is 4.91. The van der Waals surface area contributed by atoms with Gasteiger partial charge in [0.2, 0.25) is 0 Å². The van der Waals surface area contributed by atoms with Crippen molar-refractivity contribution in [2.45, 2.75) is 32.9 Å². The summed E-state index contributed by atoms with van der Waals surface area (Å²) in [5.41, 5.74) is -0.502. The van der Waals surface area contributed by atoms with Crippen LogP contribution in [0.25, 0.3) is 0 Å². The number of benzene rings is 1. The highest BCUT2D eigenvalue weighted by molar-refractivity contribution is 6.44. The first kappa shape index (κ1) is 29.9. The fourth-order valence-electron chi connectivity index (χ4n) is 2.86. The van der Waals surface area contributed by atoms with Crippen LogP contribution in [0.4, 0.5) is 24.5 Å². The van der Waals surface area contributed by atoms with Crippen LogP contribution < -0.4 is 10.6 Å². The lowest BCUT2D eigenvalue weighted by Crippen LogP contribution is -2.37. The highest BCUT2D eigenvalue weighted by Crippen LogP contribution is 2.19. The largest absolute Gasteiger partial charge is 0.491 e. The van der Waals surface area contributed by atoms with E-state index in [2.05, 4.69) is 15.4 Å². The monoisotopic (exact) mass is 514 g/mol. The molecular weight excluding hydrogens is 489 g/mol. The molecule has 0 aliphatic heterocycles. The van der Waals surface area contributed by atoms with Crippen LogP contribution in [-0.2, 0) is 28.7 Å². The minimum atomic E-state index is -5.39. The van der Waals surface area contributed by atoms with Gasteiger partial charge in [-0.15, -0.1) is 0 Å². The lowest BCUT2D eigenvalue weighted by molar-refractivity contribution is -0.202. The number of ether oxygens (including phenoxy) is 1. The van der Waals surface area contributed by atoms with E-state index in [4.69, 9.17) is 15.9 Å².